The lowest BCUT2D eigenvalue weighted by Crippen LogP contribution is -2.40. The van der Waals surface area contributed by atoms with E-state index in [1.165, 1.54) is 22.5 Å². The van der Waals surface area contributed by atoms with E-state index in [0.29, 0.717) is 24.1 Å². The fourth-order valence-electron chi connectivity index (χ4n) is 2.54. The third-order valence-corrected chi connectivity index (χ3v) is 5.96. The zero-order chi connectivity index (χ0) is 14.8. The minimum absolute atomic E-state index is 0.255. The van der Waals surface area contributed by atoms with Crippen molar-refractivity contribution in [2.24, 2.45) is 11.7 Å². The van der Waals surface area contributed by atoms with Gasteiger partial charge in [0.25, 0.3) is 0 Å². The Morgan fingerprint density at radius 3 is 2.85 bits per heavy atom. The molecule has 1 aliphatic heterocycles. The number of benzene rings is 1. The highest BCUT2D eigenvalue weighted by atomic mass is 79.9. The van der Waals surface area contributed by atoms with Gasteiger partial charge in [-0.2, -0.15) is 4.31 Å². The maximum atomic E-state index is 13.9. The van der Waals surface area contributed by atoms with Gasteiger partial charge in [0.15, 0.2) is 0 Å². The summed E-state index contributed by atoms with van der Waals surface area (Å²) in [4.78, 5) is -0.255. The van der Waals surface area contributed by atoms with Crippen LogP contribution in [0.25, 0.3) is 0 Å². The Balaban J connectivity index is 2.25. The fourth-order valence-corrected chi connectivity index (χ4v) is 4.47. The van der Waals surface area contributed by atoms with E-state index in [4.69, 9.17) is 5.73 Å². The normalized spacial score (nSPS) is 21.1. The number of nitrogens with two attached hydrogens (primary N) is 1. The van der Waals surface area contributed by atoms with Gasteiger partial charge in [-0.3, -0.25) is 0 Å². The maximum absolute atomic E-state index is 13.9. The summed E-state index contributed by atoms with van der Waals surface area (Å²) in [7, 11) is -3.76. The molecule has 0 aromatic heterocycles. The molecule has 1 atom stereocenters. The second kappa shape index (κ2) is 6.51. The van der Waals surface area contributed by atoms with Crippen LogP contribution >= 0.6 is 15.9 Å². The Kier molecular flexibility index (Phi) is 5.17. The van der Waals surface area contributed by atoms with Crippen LogP contribution in [0.15, 0.2) is 27.6 Å². The molecule has 1 saturated heterocycles. The van der Waals surface area contributed by atoms with Crippen molar-refractivity contribution in [2.45, 2.75) is 24.2 Å². The molecule has 1 unspecified atom stereocenters. The van der Waals surface area contributed by atoms with Crippen molar-refractivity contribution in [1.29, 1.82) is 0 Å². The highest BCUT2D eigenvalue weighted by Crippen LogP contribution is 2.27. The molecule has 0 bridgehead atoms. The molecule has 0 spiro atoms. The first kappa shape index (κ1) is 15.9. The summed E-state index contributed by atoms with van der Waals surface area (Å²) in [5, 5.41) is 0. The molecule has 1 heterocycles. The van der Waals surface area contributed by atoms with E-state index in [-0.39, 0.29) is 10.8 Å². The van der Waals surface area contributed by atoms with Crippen LogP contribution in [0.4, 0.5) is 4.39 Å². The predicted molar refractivity (Wildman–Crippen MR) is 79.3 cm³/mol. The highest BCUT2D eigenvalue weighted by Gasteiger charge is 2.31. The largest absolute Gasteiger partial charge is 0.330 e. The molecule has 1 fully saturated rings. The van der Waals surface area contributed by atoms with Crippen molar-refractivity contribution in [3.05, 3.63) is 28.5 Å². The quantitative estimate of drug-likeness (QED) is 0.891. The van der Waals surface area contributed by atoms with Crippen LogP contribution in [0.3, 0.4) is 0 Å². The molecule has 0 amide bonds. The molecule has 1 aromatic rings. The molecular formula is C13H18BrFN2O2S. The van der Waals surface area contributed by atoms with E-state index in [9.17, 15) is 12.8 Å². The predicted octanol–water partition coefficient (Wildman–Crippen LogP) is 2.34. The maximum Gasteiger partial charge on any atom is 0.245 e. The van der Waals surface area contributed by atoms with Crippen LogP contribution in [0, 0.1) is 11.7 Å². The van der Waals surface area contributed by atoms with Gasteiger partial charge in [0.05, 0.1) is 0 Å². The number of hydrogen-bond donors (Lipinski definition) is 1. The van der Waals surface area contributed by atoms with Crippen molar-refractivity contribution in [2.75, 3.05) is 19.6 Å². The fraction of sp³-hybridized carbons (Fsp3) is 0.538. The Morgan fingerprint density at radius 1 is 1.45 bits per heavy atom. The van der Waals surface area contributed by atoms with Crippen molar-refractivity contribution >= 4 is 26.0 Å². The first-order chi connectivity index (χ1) is 9.45. The average molecular weight is 365 g/mol. The van der Waals surface area contributed by atoms with E-state index in [1.54, 1.807) is 0 Å². The molecule has 0 radical (unpaired) electrons. The number of nitrogens with zero attached hydrogens (tertiary/aromatic N) is 1. The molecule has 20 heavy (non-hydrogen) atoms. The van der Waals surface area contributed by atoms with Gasteiger partial charge in [-0.25, -0.2) is 12.8 Å². The molecule has 2 rings (SSSR count). The number of sulfonamides is 1. The third kappa shape index (κ3) is 3.39. The molecule has 0 aliphatic carbocycles. The number of hydrogen-bond acceptors (Lipinski definition) is 3. The Morgan fingerprint density at radius 2 is 2.20 bits per heavy atom. The summed E-state index contributed by atoms with van der Waals surface area (Å²) in [6, 6.07) is 4.02. The van der Waals surface area contributed by atoms with Crippen LogP contribution in [-0.4, -0.2) is 32.4 Å². The zero-order valence-electron chi connectivity index (χ0n) is 11.1. The molecular weight excluding hydrogens is 347 g/mol. The summed E-state index contributed by atoms with van der Waals surface area (Å²) in [5.41, 5.74) is 5.53. The summed E-state index contributed by atoms with van der Waals surface area (Å²) in [6.45, 7) is 1.42. The molecule has 1 aromatic carbocycles. The molecule has 4 nitrogen and oxygen atoms in total. The number of halogens is 2. The van der Waals surface area contributed by atoms with Gasteiger partial charge in [-0.1, -0.05) is 15.9 Å². The monoisotopic (exact) mass is 364 g/mol. The first-order valence-corrected chi connectivity index (χ1v) is 8.83. The van der Waals surface area contributed by atoms with Crippen LogP contribution in [0.1, 0.15) is 19.3 Å². The lowest BCUT2D eigenvalue weighted by Gasteiger charge is -2.31. The summed E-state index contributed by atoms with van der Waals surface area (Å²) < 4.78 is 40.8. The molecule has 1 aliphatic rings. The van der Waals surface area contributed by atoms with Gasteiger partial charge < -0.3 is 5.73 Å². The Labute approximate surface area is 127 Å². The summed E-state index contributed by atoms with van der Waals surface area (Å²) in [6.07, 6.45) is 2.57. The van der Waals surface area contributed by atoms with Crippen molar-refractivity contribution < 1.29 is 12.8 Å². The van der Waals surface area contributed by atoms with Gasteiger partial charge in [0, 0.05) is 17.6 Å². The van der Waals surface area contributed by atoms with Crippen molar-refractivity contribution in [3.8, 4) is 0 Å². The van der Waals surface area contributed by atoms with Crippen LogP contribution in [-0.2, 0) is 10.0 Å². The lowest BCUT2D eigenvalue weighted by molar-refractivity contribution is 0.257. The molecule has 2 N–H and O–H groups in total. The van der Waals surface area contributed by atoms with Gasteiger partial charge in [-0.05, 0) is 49.9 Å². The standard InChI is InChI=1S/C13H18BrFN2O2S/c14-11-3-4-13(12(15)8-11)20(18,19)17-7-1-2-10(9-17)5-6-16/h3-4,8,10H,1-2,5-7,9,16H2. The smallest absolute Gasteiger partial charge is 0.245 e. The van der Waals surface area contributed by atoms with E-state index in [0.717, 1.165) is 19.3 Å². The van der Waals surface area contributed by atoms with Gasteiger partial charge in [-0.15, -0.1) is 0 Å². The van der Waals surface area contributed by atoms with E-state index >= 15 is 0 Å². The Hall–Kier alpha value is -0.500. The second-order valence-electron chi connectivity index (χ2n) is 5.02. The van der Waals surface area contributed by atoms with Crippen molar-refractivity contribution in [3.63, 3.8) is 0 Å². The zero-order valence-corrected chi connectivity index (χ0v) is 13.5. The average Bonchev–Trinajstić information content (AvgIpc) is 2.39. The highest BCUT2D eigenvalue weighted by molar-refractivity contribution is 9.10. The second-order valence-corrected chi connectivity index (χ2v) is 7.85. The minimum Gasteiger partial charge on any atom is -0.330 e. The van der Waals surface area contributed by atoms with E-state index in [1.807, 2.05) is 0 Å². The van der Waals surface area contributed by atoms with E-state index < -0.39 is 15.8 Å². The van der Waals surface area contributed by atoms with Gasteiger partial charge >= 0.3 is 0 Å². The van der Waals surface area contributed by atoms with Crippen LogP contribution in [0.2, 0.25) is 0 Å². The summed E-state index contributed by atoms with van der Waals surface area (Å²) >= 11 is 3.13. The molecule has 0 saturated carbocycles. The van der Waals surface area contributed by atoms with Gasteiger partial charge in [0.2, 0.25) is 10.0 Å². The van der Waals surface area contributed by atoms with Gasteiger partial charge in [0.1, 0.15) is 10.7 Å². The van der Waals surface area contributed by atoms with Crippen LogP contribution < -0.4 is 5.73 Å². The van der Waals surface area contributed by atoms with E-state index in [2.05, 4.69) is 15.9 Å². The van der Waals surface area contributed by atoms with Crippen LogP contribution in [0.5, 0.6) is 0 Å². The first-order valence-electron chi connectivity index (χ1n) is 6.60. The molecule has 112 valence electrons. The Bertz CT molecular complexity index is 578. The topological polar surface area (TPSA) is 63.4 Å². The lowest BCUT2D eigenvalue weighted by atomic mass is 9.96. The SMILES string of the molecule is NCCC1CCCN(S(=O)(=O)c2ccc(Br)cc2F)C1. The molecule has 7 heteroatoms. The third-order valence-electron chi connectivity index (χ3n) is 3.57. The summed E-state index contributed by atoms with van der Waals surface area (Å²) in [5.74, 6) is -0.456. The number of rotatable bonds is 4. The number of piperidine rings is 1. The van der Waals surface area contributed by atoms with Crippen molar-refractivity contribution in [1.82, 2.24) is 4.31 Å². The minimum atomic E-state index is -3.76.